The van der Waals surface area contributed by atoms with Crippen molar-refractivity contribution in [2.24, 2.45) is 0 Å². The molecule has 1 saturated heterocycles. The number of phenolic OH excluding ortho intramolecular Hbond substituents is 2. The largest absolute Gasteiger partial charge is 0.508 e. The number of phenols is 2. The summed E-state index contributed by atoms with van der Waals surface area (Å²) in [7, 11) is 0. The van der Waals surface area contributed by atoms with E-state index in [4.69, 9.17) is 4.74 Å². The van der Waals surface area contributed by atoms with Crippen molar-refractivity contribution in [3.63, 3.8) is 0 Å². The molecule has 2 heterocycles. The van der Waals surface area contributed by atoms with Gasteiger partial charge in [0.15, 0.2) is 0 Å². The summed E-state index contributed by atoms with van der Waals surface area (Å²) < 4.78 is 8.23. The monoisotopic (exact) mass is 442 g/mol. The van der Waals surface area contributed by atoms with Crippen LogP contribution in [0.25, 0.3) is 22.2 Å². The maximum Gasteiger partial charge on any atom is 0.119 e. The molecule has 1 aliphatic heterocycles. The predicted molar refractivity (Wildman–Crippen MR) is 132 cm³/mol. The quantitative estimate of drug-likeness (QED) is 0.389. The van der Waals surface area contributed by atoms with Crippen LogP contribution >= 0.6 is 0 Å². The summed E-state index contributed by atoms with van der Waals surface area (Å²) in [5, 5.41) is 20.6. The lowest BCUT2D eigenvalue weighted by Gasteiger charge is -2.26. The third kappa shape index (κ3) is 4.99. The molecule has 170 valence electrons. The van der Waals surface area contributed by atoms with Gasteiger partial charge < -0.3 is 19.5 Å². The fourth-order valence-electron chi connectivity index (χ4n) is 4.65. The summed E-state index contributed by atoms with van der Waals surface area (Å²) in [6.07, 6.45) is 3.95. The number of fused-ring (bicyclic) bond motifs is 1. The first kappa shape index (κ1) is 21.4. The second-order valence-electron chi connectivity index (χ2n) is 8.80. The van der Waals surface area contributed by atoms with Gasteiger partial charge in [-0.15, -0.1) is 0 Å². The van der Waals surface area contributed by atoms with E-state index in [1.807, 2.05) is 30.3 Å². The Balaban J connectivity index is 1.33. The molecule has 5 rings (SSSR count). The molecule has 1 fully saturated rings. The van der Waals surface area contributed by atoms with Gasteiger partial charge in [0.2, 0.25) is 0 Å². The van der Waals surface area contributed by atoms with Crippen molar-refractivity contribution in [2.75, 3.05) is 26.2 Å². The molecule has 0 radical (unpaired) electrons. The van der Waals surface area contributed by atoms with Crippen LogP contribution in [0.1, 0.15) is 24.8 Å². The molecule has 5 nitrogen and oxygen atoms in total. The van der Waals surface area contributed by atoms with Crippen LogP contribution in [0.3, 0.4) is 0 Å². The molecule has 0 atom stereocenters. The Labute approximate surface area is 194 Å². The van der Waals surface area contributed by atoms with Gasteiger partial charge >= 0.3 is 0 Å². The highest BCUT2D eigenvalue weighted by molar-refractivity contribution is 5.88. The highest BCUT2D eigenvalue weighted by Gasteiger charge is 2.13. The Hall–Kier alpha value is -3.44. The van der Waals surface area contributed by atoms with Crippen molar-refractivity contribution in [3.8, 4) is 28.5 Å². The Morgan fingerprint density at radius 2 is 1.48 bits per heavy atom. The summed E-state index contributed by atoms with van der Waals surface area (Å²) in [6.45, 7) is 4.77. The van der Waals surface area contributed by atoms with Crippen LogP contribution in [-0.4, -0.2) is 45.9 Å². The van der Waals surface area contributed by atoms with Gasteiger partial charge in [0.1, 0.15) is 23.9 Å². The molecule has 0 bridgehead atoms. The van der Waals surface area contributed by atoms with Crippen molar-refractivity contribution >= 4 is 10.9 Å². The normalized spacial score (nSPS) is 14.5. The standard InChI is InChI=1S/C28H30N2O3/c31-24-8-6-22(7-9-24)28-19-23-18-25(32)10-13-27(23)30(28)20-21-4-11-26(12-5-21)33-17-16-29-14-2-1-3-15-29/h4-13,18-19,31-32H,1-3,14-17,20H2. The third-order valence-corrected chi connectivity index (χ3v) is 6.44. The van der Waals surface area contributed by atoms with E-state index in [2.05, 4.69) is 27.7 Å². The van der Waals surface area contributed by atoms with Crippen LogP contribution in [0, 0.1) is 0 Å². The van der Waals surface area contributed by atoms with Crippen LogP contribution in [0.4, 0.5) is 0 Å². The number of rotatable bonds is 7. The second-order valence-corrected chi connectivity index (χ2v) is 8.80. The van der Waals surface area contributed by atoms with Crippen molar-refractivity contribution in [1.82, 2.24) is 9.47 Å². The molecule has 0 unspecified atom stereocenters. The lowest BCUT2D eigenvalue weighted by Crippen LogP contribution is -2.33. The number of aromatic nitrogens is 1. The zero-order valence-electron chi connectivity index (χ0n) is 18.8. The first-order valence-electron chi connectivity index (χ1n) is 11.7. The van der Waals surface area contributed by atoms with Gasteiger partial charge in [-0.05, 0) is 97.7 Å². The smallest absolute Gasteiger partial charge is 0.119 e. The summed E-state index contributed by atoms with van der Waals surface area (Å²) in [6, 6.07) is 23.1. The van der Waals surface area contributed by atoms with Crippen LogP contribution in [0.5, 0.6) is 17.2 Å². The van der Waals surface area contributed by atoms with Gasteiger partial charge in [-0.1, -0.05) is 18.6 Å². The minimum atomic E-state index is 0.245. The van der Waals surface area contributed by atoms with E-state index in [-0.39, 0.29) is 11.5 Å². The van der Waals surface area contributed by atoms with E-state index in [0.717, 1.165) is 41.1 Å². The van der Waals surface area contributed by atoms with E-state index < -0.39 is 0 Å². The molecule has 0 saturated carbocycles. The van der Waals surface area contributed by atoms with Gasteiger partial charge in [-0.25, -0.2) is 0 Å². The van der Waals surface area contributed by atoms with Crippen molar-refractivity contribution in [1.29, 1.82) is 0 Å². The maximum atomic E-state index is 9.95. The van der Waals surface area contributed by atoms with E-state index in [9.17, 15) is 10.2 Å². The summed E-state index contributed by atoms with van der Waals surface area (Å²) in [5.41, 5.74) is 4.28. The van der Waals surface area contributed by atoms with E-state index in [1.165, 1.54) is 37.9 Å². The molecular formula is C28H30N2O3. The highest BCUT2D eigenvalue weighted by Crippen LogP contribution is 2.32. The van der Waals surface area contributed by atoms with Crippen molar-refractivity contribution in [3.05, 3.63) is 78.4 Å². The lowest BCUT2D eigenvalue weighted by molar-refractivity contribution is 0.183. The molecule has 0 amide bonds. The van der Waals surface area contributed by atoms with Gasteiger partial charge in [-0.3, -0.25) is 4.90 Å². The molecule has 4 aromatic rings. The average molecular weight is 443 g/mol. The molecule has 5 heteroatoms. The topological polar surface area (TPSA) is 57.9 Å². The SMILES string of the molecule is Oc1ccc(-c2cc3cc(O)ccc3n2Cc2ccc(OCCN3CCCCC3)cc2)cc1. The van der Waals surface area contributed by atoms with Crippen molar-refractivity contribution < 1.29 is 14.9 Å². The Kier molecular flexibility index (Phi) is 6.22. The number of benzene rings is 3. The van der Waals surface area contributed by atoms with Gasteiger partial charge in [0, 0.05) is 29.7 Å². The zero-order valence-corrected chi connectivity index (χ0v) is 18.8. The van der Waals surface area contributed by atoms with Crippen molar-refractivity contribution in [2.45, 2.75) is 25.8 Å². The van der Waals surface area contributed by atoms with Crippen LogP contribution in [0.2, 0.25) is 0 Å². The van der Waals surface area contributed by atoms with Gasteiger partial charge in [0.25, 0.3) is 0 Å². The minimum Gasteiger partial charge on any atom is -0.508 e. The zero-order chi connectivity index (χ0) is 22.6. The van der Waals surface area contributed by atoms with Gasteiger partial charge in [0.05, 0.1) is 0 Å². The third-order valence-electron chi connectivity index (χ3n) is 6.44. The summed E-state index contributed by atoms with van der Waals surface area (Å²) in [5.74, 6) is 1.40. The number of hydrogen-bond acceptors (Lipinski definition) is 4. The summed E-state index contributed by atoms with van der Waals surface area (Å²) in [4.78, 5) is 2.48. The van der Waals surface area contributed by atoms with Gasteiger partial charge in [-0.2, -0.15) is 0 Å². The number of piperidine rings is 1. The molecule has 3 aromatic carbocycles. The highest BCUT2D eigenvalue weighted by atomic mass is 16.5. The van der Waals surface area contributed by atoms with Crippen LogP contribution in [0.15, 0.2) is 72.8 Å². The average Bonchev–Trinajstić information content (AvgIpc) is 3.18. The number of hydrogen-bond donors (Lipinski definition) is 2. The molecule has 1 aromatic heterocycles. The lowest BCUT2D eigenvalue weighted by atomic mass is 10.1. The number of nitrogens with zero attached hydrogens (tertiary/aromatic N) is 2. The molecule has 2 N–H and O–H groups in total. The molecule has 0 aliphatic carbocycles. The molecule has 33 heavy (non-hydrogen) atoms. The van der Waals surface area contributed by atoms with E-state index in [1.54, 1.807) is 24.3 Å². The number of likely N-dealkylation sites (tertiary alicyclic amines) is 1. The second kappa shape index (κ2) is 9.59. The number of ether oxygens (including phenoxy) is 1. The molecule has 1 aliphatic rings. The Morgan fingerprint density at radius 1 is 0.758 bits per heavy atom. The first-order chi connectivity index (χ1) is 16.2. The van der Waals surface area contributed by atoms with E-state index in [0.29, 0.717) is 6.54 Å². The van der Waals surface area contributed by atoms with Crippen LogP contribution in [-0.2, 0) is 6.54 Å². The maximum absolute atomic E-state index is 9.95. The fraction of sp³-hybridized carbons (Fsp3) is 0.286. The minimum absolute atomic E-state index is 0.245. The predicted octanol–water partition coefficient (Wildman–Crippen LogP) is 5.63. The molecule has 0 spiro atoms. The first-order valence-corrected chi connectivity index (χ1v) is 11.7. The van der Waals surface area contributed by atoms with E-state index >= 15 is 0 Å². The Morgan fingerprint density at radius 3 is 2.24 bits per heavy atom. The van der Waals surface area contributed by atoms with Crippen LogP contribution < -0.4 is 4.74 Å². The number of aromatic hydroxyl groups is 2. The Bertz CT molecular complexity index is 1210. The summed E-state index contributed by atoms with van der Waals surface area (Å²) >= 11 is 0. The fourth-order valence-corrected chi connectivity index (χ4v) is 4.65. The molecular weight excluding hydrogens is 412 g/mol.